The van der Waals surface area contributed by atoms with Crippen LogP contribution >= 0.6 is 0 Å². The highest BCUT2D eigenvalue weighted by Crippen LogP contribution is 2.38. The zero-order valence-corrected chi connectivity index (χ0v) is 15.4. The summed E-state index contributed by atoms with van der Waals surface area (Å²) >= 11 is 0. The van der Waals surface area contributed by atoms with Crippen LogP contribution in [0.1, 0.15) is 66.2 Å². The molecule has 1 aliphatic heterocycles. The van der Waals surface area contributed by atoms with Gasteiger partial charge < -0.3 is 15.1 Å². The van der Waals surface area contributed by atoms with E-state index < -0.39 is 17.0 Å². The average molecular weight is 355 g/mol. The fourth-order valence-corrected chi connectivity index (χ4v) is 3.32. The lowest BCUT2D eigenvalue weighted by molar-refractivity contribution is -0.259. The van der Waals surface area contributed by atoms with Crippen molar-refractivity contribution in [1.82, 2.24) is 5.06 Å². The number of hydrogen-bond acceptors (Lipinski definition) is 6. The summed E-state index contributed by atoms with van der Waals surface area (Å²) in [5.41, 5.74) is -0.953. The van der Waals surface area contributed by atoms with Gasteiger partial charge in [0.25, 0.3) is 0 Å². The van der Waals surface area contributed by atoms with Crippen LogP contribution in [0.15, 0.2) is 12.2 Å². The van der Waals surface area contributed by atoms with Crippen LogP contribution in [0.4, 0.5) is 0 Å². The van der Waals surface area contributed by atoms with Gasteiger partial charge in [0.05, 0.1) is 0 Å². The molecule has 1 aliphatic rings. The number of ketones is 1. The summed E-state index contributed by atoms with van der Waals surface area (Å²) in [6.07, 6.45) is 4.15. The number of carboxylic acid groups (broad SMARTS) is 1. The summed E-state index contributed by atoms with van der Waals surface area (Å²) in [6.45, 7) is 7.63. The van der Waals surface area contributed by atoms with Crippen molar-refractivity contribution in [2.24, 2.45) is 0 Å². The summed E-state index contributed by atoms with van der Waals surface area (Å²) in [5.74, 6) is -1.73. The predicted octanol–water partition coefficient (Wildman–Crippen LogP) is 2.71. The second kappa shape index (κ2) is 8.58. The Hall–Kier alpha value is -1.73. The van der Waals surface area contributed by atoms with Gasteiger partial charge in [-0.2, -0.15) is 5.06 Å². The van der Waals surface area contributed by atoms with Crippen molar-refractivity contribution < 1.29 is 29.4 Å². The maximum Gasteiger partial charge on any atom is 0.328 e. The SMILES string of the molecule is CC1(C)CC(OC(=O)CCCCC(=O)C=CC(=O)O)CC(C)(C)N1O. The quantitative estimate of drug-likeness (QED) is 0.392. The smallest absolute Gasteiger partial charge is 0.328 e. The van der Waals surface area contributed by atoms with Gasteiger partial charge in [0.2, 0.25) is 0 Å². The number of hydroxylamine groups is 2. The van der Waals surface area contributed by atoms with E-state index in [4.69, 9.17) is 9.84 Å². The van der Waals surface area contributed by atoms with Gasteiger partial charge in [0.1, 0.15) is 6.10 Å². The molecule has 0 bridgehead atoms. The number of rotatable bonds is 8. The van der Waals surface area contributed by atoms with E-state index in [1.807, 2.05) is 27.7 Å². The summed E-state index contributed by atoms with van der Waals surface area (Å²) in [7, 11) is 0. The van der Waals surface area contributed by atoms with Crippen molar-refractivity contribution in [2.45, 2.75) is 83.4 Å². The highest BCUT2D eigenvalue weighted by Gasteiger charge is 2.46. The third-order valence-corrected chi connectivity index (χ3v) is 4.37. The molecule has 0 atom stereocenters. The lowest BCUT2D eigenvalue weighted by Gasteiger charge is -2.50. The monoisotopic (exact) mass is 355 g/mol. The molecule has 0 aliphatic carbocycles. The molecule has 1 rings (SSSR count). The number of nitrogens with zero attached hydrogens (tertiary/aromatic N) is 1. The Balaban J connectivity index is 2.35. The molecule has 142 valence electrons. The summed E-state index contributed by atoms with van der Waals surface area (Å²) in [5, 5.41) is 20.0. The summed E-state index contributed by atoms with van der Waals surface area (Å²) in [4.78, 5) is 33.7. The minimum absolute atomic E-state index is 0.208. The first-order chi connectivity index (χ1) is 11.4. The van der Waals surface area contributed by atoms with Crippen LogP contribution in [0.5, 0.6) is 0 Å². The van der Waals surface area contributed by atoms with Gasteiger partial charge in [-0.25, -0.2) is 4.79 Å². The van der Waals surface area contributed by atoms with Crippen molar-refractivity contribution in [3.63, 3.8) is 0 Å². The van der Waals surface area contributed by atoms with Gasteiger partial charge in [-0.1, -0.05) is 0 Å². The van der Waals surface area contributed by atoms with Crippen molar-refractivity contribution in [2.75, 3.05) is 0 Å². The van der Waals surface area contributed by atoms with Crippen LogP contribution in [-0.4, -0.2) is 50.3 Å². The molecule has 0 spiro atoms. The third kappa shape index (κ3) is 6.96. The number of hydrogen-bond donors (Lipinski definition) is 2. The van der Waals surface area contributed by atoms with Crippen molar-refractivity contribution in [3.8, 4) is 0 Å². The maximum atomic E-state index is 12.0. The minimum atomic E-state index is -1.16. The number of piperidine rings is 1. The molecular formula is C18H29NO6. The van der Waals surface area contributed by atoms with Gasteiger partial charge in [0, 0.05) is 42.8 Å². The van der Waals surface area contributed by atoms with E-state index in [0.717, 1.165) is 12.2 Å². The number of carboxylic acids is 1. The van der Waals surface area contributed by atoms with Gasteiger partial charge >= 0.3 is 11.9 Å². The number of carbonyl (C=O) groups excluding carboxylic acids is 2. The second-order valence-electron chi connectivity index (χ2n) is 7.80. The molecule has 0 amide bonds. The molecule has 0 unspecified atom stereocenters. The Labute approximate surface area is 148 Å². The Morgan fingerprint density at radius 2 is 1.56 bits per heavy atom. The largest absolute Gasteiger partial charge is 0.478 e. The highest BCUT2D eigenvalue weighted by atomic mass is 16.5. The fourth-order valence-electron chi connectivity index (χ4n) is 3.32. The normalized spacial score (nSPS) is 20.5. The lowest BCUT2D eigenvalue weighted by atomic mass is 9.80. The number of ether oxygens (including phenoxy) is 1. The fraction of sp³-hybridized carbons (Fsp3) is 0.722. The van der Waals surface area contributed by atoms with E-state index >= 15 is 0 Å². The molecule has 1 fully saturated rings. The molecule has 0 aromatic carbocycles. The van der Waals surface area contributed by atoms with Crippen LogP contribution in [0.2, 0.25) is 0 Å². The number of aliphatic carboxylic acids is 1. The van der Waals surface area contributed by atoms with Gasteiger partial charge in [0.15, 0.2) is 5.78 Å². The molecule has 0 aromatic rings. The standard InChI is InChI=1S/C18H29NO6/c1-17(2)11-14(12-18(3,4)19(17)24)25-16(23)8-6-5-7-13(20)9-10-15(21)22/h9-10,14,24H,5-8,11-12H2,1-4H3,(H,21,22). The summed E-state index contributed by atoms with van der Waals surface area (Å²) < 4.78 is 5.54. The van der Waals surface area contributed by atoms with Crippen molar-refractivity contribution in [1.29, 1.82) is 0 Å². The molecule has 0 aromatic heterocycles. The van der Waals surface area contributed by atoms with Crippen molar-refractivity contribution >= 4 is 17.7 Å². The van der Waals surface area contributed by atoms with Gasteiger partial charge in [-0.05, 0) is 46.6 Å². The molecule has 2 N–H and O–H groups in total. The summed E-state index contributed by atoms with van der Waals surface area (Å²) in [6, 6.07) is 0. The topological polar surface area (TPSA) is 104 Å². The first kappa shape index (κ1) is 21.3. The maximum absolute atomic E-state index is 12.0. The van der Waals surface area contributed by atoms with Crippen LogP contribution < -0.4 is 0 Å². The first-order valence-corrected chi connectivity index (χ1v) is 8.56. The molecule has 1 saturated heterocycles. The van der Waals surface area contributed by atoms with E-state index in [9.17, 15) is 19.6 Å². The number of allylic oxidation sites excluding steroid dienone is 1. The Morgan fingerprint density at radius 1 is 1.04 bits per heavy atom. The molecule has 7 heteroatoms. The third-order valence-electron chi connectivity index (χ3n) is 4.37. The van der Waals surface area contributed by atoms with Crippen LogP contribution in [0.25, 0.3) is 0 Å². The van der Waals surface area contributed by atoms with Gasteiger partial charge in [-0.15, -0.1) is 0 Å². The van der Waals surface area contributed by atoms with E-state index in [2.05, 4.69) is 0 Å². The Kier molecular flexibility index (Phi) is 7.31. The molecular weight excluding hydrogens is 326 g/mol. The van der Waals surface area contributed by atoms with E-state index in [1.54, 1.807) is 0 Å². The molecule has 25 heavy (non-hydrogen) atoms. The zero-order valence-electron chi connectivity index (χ0n) is 15.4. The highest BCUT2D eigenvalue weighted by molar-refractivity contribution is 5.95. The molecule has 7 nitrogen and oxygen atoms in total. The molecule has 1 heterocycles. The number of esters is 1. The van der Waals surface area contributed by atoms with Crippen molar-refractivity contribution in [3.05, 3.63) is 12.2 Å². The van der Waals surface area contributed by atoms with Crippen LogP contribution in [-0.2, 0) is 19.1 Å². The van der Waals surface area contributed by atoms with E-state index in [1.165, 1.54) is 5.06 Å². The minimum Gasteiger partial charge on any atom is -0.478 e. The Morgan fingerprint density at radius 3 is 2.08 bits per heavy atom. The number of carbonyl (C=O) groups is 3. The second-order valence-corrected chi connectivity index (χ2v) is 7.80. The van der Waals surface area contributed by atoms with Gasteiger partial charge in [-0.3, -0.25) is 9.59 Å². The molecule has 0 radical (unpaired) electrons. The number of unbranched alkanes of at least 4 members (excludes halogenated alkanes) is 1. The van der Waals surface area contributed by atoms with E-state index in [0.29, 0.717) is 25.7 Å². The van der Waals surface area contributed by atoms with Crippen LogP contribution in [0, 0.1) is 0 Å². The lowest BCUT2D eigenvalue weighted by Crippen LogP contribution is -2.60. The molecule has 0 saturated carbocycles. The first-order valence-electron chi connectivity index (χ1n) is 8.56. The van der Waals surface area contributed by atoms with Crippen LogP contribution in [0.3, 0.4) is 0 Å². The zero-order chi connectivity index (χ0) is 19.3. The predicted molar refractivity (Wildman–Crippen MR) is 91.1 cm³/mol. The average Bonchev–Trinajstić information content (AvgIpc) is 2.46. The Bertz CT molecular complexity index is 520. The van der Waals surface area contributed by atoms with E-state index in [-0.39, 0.29) is 30.7 Å².